The topological polar surface area (TPSA) is 46.2 Å². The first-order valence-electron chi connectivity index (χ1n) is 5.84. The Morgan fingerprint density at radius 2 is 1.65 bits per heavy atom. The SMILES string of the molecule is Cc1cc(C)cc(S(=O)(=O)Nc2ccc(F)c(Cl)c2)c1. The summed E-state index contributed by atoms with van der Waals surface area (Å²) in [5.74, 6) is -0.596. The van der Waals surface area contributed by atoms with Gasteiger partial charge < -0.3 is 0 Å². The summed E-state index contributed by atoms with van der Waals surface area (Å²) in [5.41, 5.74) is 1.92. The van der Waals surface area contributed by atoms with Crippen molar-refractivity contribution in [2.75, 3.05) is 4.72 Å². The lowest BCUT2D eigenvalue weighted by atomic mass is 10.2. The van der Waals surface area contributed by atoms with E-state index in [2.05, 4.69) is 4.72 Å². The predicted octanol–water partition coefficient (Wildman–Crippen LogP) is 3.90. The minimum atomic E-state index is -3.72. The Kier molecular flexibility index (Phi) is 4.01. The summed E-state index contributed by atoms with van der Waals surface area (Å²) in [6.07, 6.45) is 0. The highest BCUT2D eigenvalue weighted by atomic mass is 35.5. The van der Waals surface area contributed by atoms with E-state index in [1.807, 2.05) is 19.9 Å². The highest BCUT2D eigenvalue weighted by Crippen LogP contribution is 2.23. The second-order valence-corrected chi connectivity index (χ2v) is 6.65. The van der Waals surface area contributed by atoms with Crippen LogP contribution in [0, 0.1) is 19.7 Å². The van der Waals surface area contributed by atoms with Gasteiger partial charge in [-0.2, -0.15) is 0 Å². The van der Waals surface area contributed by atoms with Crippen LogP contribution in [0.15, 0.2) is 41.3 Å². The van der Waals surface area contributed by atoms with Gasteiger partial charge in [0.2, 0.25) is 0 Å². The number of anilines is 1. The zero-order chi connectivity index (χ0) is 14.9. The van der Waals surface area contributed by atoms with E-state index in [1.54, 1.807) is 12.1 Å². The number of hydrogen-bond acceptors (Lipinski definition) is 2. The Morgan fingerprint density at radius 1 is 1.05 bits per heavy atom. The van der Waals surface area contributed by atoms with Gasteiger partial charge >= 0.3 is 0 Å². The lowest BCUT2D eigenvalue weighted by molar-refractivity contribution is 0.601. The average Bonchev–Trinajstić information content (AvgIpc) is 2.32. The number of aryl methyl sites for hydroxylation is 2. The van der Waals surface area contributed by atoms with Crippen molar-refractivity contribution < 1.29 is 12.8 Å². The van der Waals surface area contributed by atoms with Crippen molar-refractivity contribution in [3.63, 3.8) is 0 Å². The zero-order valence-corrected chi connectivity index (χ0v) is 12.5. The summed E-state index contributed by atoms with van der Waals surface area (Å²) in [7, 11) is -3.72. The summed E-state index contributed by atoms with van der Waals surface area (Å²) in [6.45, 7) is 3.64. The second-order valence-electron chi connectivity index (χ2n) is 4.56. The number of sulfonamides is 1. The zero-order valence-electron chi connectivity index (χ0n) is 10.9. The van der Waals surface area contributed by atoms with Crippen LogP contribution >= 0.6 is 11.6 Å². The van der Waals surface area contributed by atoms with Gasteiger partial charge in [0.15, 0.2) is 0 Å². The van der Waals surface area contributed by atoms with E-state index in [9.17, 15) is 12.8 Å². The molecule has 3 nitrogen and oxygen atoms in total. The van der Waals surface area contributed by atoms with Gasteiger partial charge in [0, 0.05) is 0 Å². The molecular formula is C14H13ClFNO2S. The maximum Gasteiger partial charge on any atom is 0.261 e. The van der Waals surface area contributed by atoms with E-state index in [-0.39, 0.29) is 15.6 Å². The number of hydrogen-bond donors (Lipinski definition) is 1. The minimum absolute atomic E-state index is 0.134. The molecule has 20 heavy (non-hydrogen) atoms. The van der Waals surface area contributed by atoms with Gasteiger partial charge in [-0.05, 0) is 55.3 Å². The van der Waals surface area contributed by atoms with Crippen LogP contribution in [0.4, 0.5) is 10.1 Å². The Labute approximate surface area is 122 Å². The molecule has 0 atom stereocenters. The van der Waals surface area contributed by atoms with E-state index in [0.717, 1.165) is 17.2 Å². The summed E-state index contributed by atoms with van der Waals surface area (Å²) in [6, 6.07) is 8.69. The fourth-order valence-electron chi connectivity index (χ4n) is 1.86. The monoisotopic (exact) mass is 313 g/mol. The maximum absolute atomic E-state index is 13.1. The Morgan fingerprint density at radius 3 is 2.20 bits per heavy atom. The Hall–Kier alpha value is -1.59. The molecule has 0 unspecified atom stereocenters. The lowest BCUT2D eigenvalue weighted by Crippen LogP contribution is -2.13. The van der Waals surface area contributed by atoms with Gasteiger partial charge in [-0.15, -0.1) is 0 Å². The molecule has 0 heterocycles. The van der Waals surface area contributed by atoms with Gasteiger partial charge in [-0.25, -0.2) is 12.8 Å². The molecule has 6 heteroatoms. The highest BCUT2D eigenvalue weighted by Gasteiger charge is 2.15. The number of rotatable bonds is 3. The van der Waals surface area contributed by atoms with Crippen molar-refractivity contribution in [1.82, 2.24) is 0 Å². The van der Waals surface area contributed by atoms with E-state index in [4.69, 9.17) is 11.6 Å². The summed E-state index contributed by atoms with van der Waals surface area (Å²) < 4.78 is 39.9. The third kappa shape index (κ3) is 3.29. The van der Waals surface area contributed by atoms with Gasteiger partial charge in [0.25, 0.3) is 10.0 Å². The first-order chi connectivity index (χ1) is 9.28. The van der Waals surface area contributed by atoms with Crippen molar-refractivity contribution in [2.45, 2.75) is 18.7 Å². The van der Waals surface area contributed by atoms with Crippen LogP contribution in [0.25, 0.3) is 0 Å². The summed E-state index contributed by atoms with van der Waals surface area (Å²) in [4.78, 5) is 0.162. The van der Waals surface area contributed by atoms with Crippen molar-refractivity contribution in [3.05, 3.63) is 58.4 Å². The smallest absolute Gasteiger partial charge is 0.261 e. The molecule has 2 aromatic rings. The number of nitrogens with one attached hydrogen (secondary N) is 1. The van der Waals surface area contributed by atoms with Crippen LogP contribution in [0.3, 0.4) is 0 Å². The molecule has 0 saturated heterocycles. The fourth-order valence-corrected chi connectivity index (χ4v) is 3.28. The molecule has 0 radical (unpaired) electrons. The van der Waals surface area contributed by atoms with Crippen LogP contribution in [0.1, 0.15) is 11.1 Å². The van der Waals surface area contributed by atoms with Crippen LogP contribution < -0.4 is 4.72 Å². The summed E-state index contributed by atoms with van der Waals surface area (Å²) in [5, 5.41) is -0.134. The molecule has 0 spiro atoms. The normalized spacial score (nSPS) is 11.4. The largest absolute Gasteiger partial charge is 0.280 e. The van der Waals surface area contributed by atoms with Gasteiger partial charge in [0.1, 0.15) is 5.82 Å². The fraction of sp³-hybridized carbons (Fsp3) is 0.143. The van der Waals surface area contributed by atoms with Crippen LogP contribution in [-0.2, 0) is 10.0 Å². The second kappa shape index (κ2) is 5.42. The lowest BCUT2D eigenvalue weighted by Gasteiger charge is -2.10. The van der Waals surface area contributed by atoms with Crippen molar-refractivity contribution >= 4 is 27.3 Å². The van der Waals surface area contributed by atoms with E-state index < -0.39 is 15.8 Å². The average molecular weight is 314 g/mol. The standard InChI is InChI=1S/C14H13ClFNO2S/c1-9-5-10(2)7-12(6-9)20(18,19)17-11-3-4-14(16)13(15)8-11/h3-8,17H,1-2H3. The molecule has 2 rings (SSSR count). The molecular weight excluding hydrogens is 301 g/mol. The summed E-state index contributed by atoms with van der Waals surface area (Å²) >= 11 is 5.63. The van der Waals surface area contributed by atoms with E-state index in [1.165, 1.54) is 12.1 Å². The molecule has 106 valence electrons. The maximum atomic E-state index is 13.1. The van der Waals surface area contributed by atoms with Crippen molar-refractivity contribution in [2.24, 2.45) is 0 Å². The number of halogens is 2. The van der Waals surface area contributed by atoms with Gasteiger partial charge in [-0.3, -0.25) is 4.72 Å². The molecule has 0 aromatic heterocycles. The number of benzene rings is 2. The molecule has 0 saturated carbocycles. The van der Waals surface area contributed by atoms with Crippen LogP contribution in [-0.4, -0.2) is 8.42 Å². The third-order valence-corrected chi connectivity index (χ3v) is 4.33. The molecule has 0 amide bonds. The highest BCUT2D eigenvalue weighted by molar-refractivity contribution is 7.92. The van der Waals surface area contributed by atoms with Gasteiger partial charge in [-0.1, -0.05) is 17.7 Å². The molecule has 0 aliphatic heterocycles. The van der Waals surface area contributed by atoms with Crippen LogP contribution in [0.2, 0.25) is 5.02 Å². The molecule has 2 aromatic carbocycles. The predicted molar refractivity (Wildman–Crippen MR) is 78.1 cm³/mol. The molecule has 0 aliphatic carbocycles. The van der Waals surface area contributed by atoms with E-state index in [0.29, 0.717) is 0 Å². The third-order valence-electron chi connectivity index (χ3n) is 2.68. The van der Waals surface area contributed by atoms with Crippen molar-refractivity contribution in [3.8, 4) is 0 Å². The molecule has 0 fully saturated rings. The van der Waals surface area contributed by atoms with Gasteiger partial charge in [0.05, 0.1) is 15.6 Å². The first-order valence-corrected chi connectivity index (χ1v) is 7.70. The molecule has 0 bridgehead atoms. The molecule has 1 N–H and O–H groups in total. The molecule has 0 aliphatic rings. The van der Waals surface area contributed by atoms with E-state index >= 15 is 0 Å². The van der Waals surface area contributed by atoms with Crippen LogP contribution in [0.5, 0.6) is 0 Å². The van der Waals surface area contributed by atoms with Crippen molar-refractivity contribution in [1.29, 1.82) is 0 Å². The quantitative estimate of drug-likeness (QED) is 0.934. The Bertz CT molecular complexity index is 740. The first kappa shape index (κ1) is 14.8. The minimum Gasteiger partial charge on any atom is -0.280 e. The Balaban J connectivity index is 2.37.